The summed E-state index contributed by atoms with van der Waals surface area (Å²) < 4.78 is 3.64. The zero-order valence-corrected chi connectivity index (χ0v) is 12.1. The number of hydrogen-bond donors (Lipinski definition) is 0. The molecule has 4 rings (SSSR count). The minimum atomic E-state index is 0.331. The lowest BCUT2D eigenvalue weighted by molar-refractivity contribution is 0.709. The highest BCUT2D eigenvalue weighted by Crippen LogP contribution is 2.37. The molecule has 1 saturated heterocycles. The molecular formula is C14H17N7. The third-order valence-corrected chi connectivity index (χ3v) is 4.14. The van der Waals surface area contributed by atoms with E-state index in [9.17, 15) is 0 Å². The van der Waals surface area contributed by atoms with Crippen LogP contribution in [0.3, 0.4) is 0 Å². The average molecular weight is 283 g/mol. The maximum Gasteiger partial charge on any atom is 0.163 e. The number of rotatable bonds is 2. The van der Waals surface area contributed by atoms with E-state index >= 15 is 0 Å². The summed E-state index contributed by atoms with van der Waals surface area (Å²) in [7, 11) is 3.86. The van der Waals surface area contributed by atoms with Crippen molar-refractivity contribution in [3.63, 3.8) is 0 Å². The number of fused-ring (bicyclic) bond motifs is 1. The lowest BCUT2D eigenvalue weighted by Crippen LogP contribution is -2.23. The van der Waals surface area contributed by atoms with Crippen LogP contribution in [-0.2, 0) is 14.1 Å². The minimum Gasteiger partial charge on any atom is -0.349 e. The average Bonchev–Trinajstić information content (AvgIpc) is 3.19. The Kier molecular flexibility index (Phi) is 2.66. The Hall–Kier alpha value is -2.44. The topological polar surface area (TPSA) is 64.7 Å². The van der Waals surface area contributed by atoms with Gasteiger partial charge in [0.2, 0.25) is 0 Å². The van der Waals surface area contributed by atoms with Crippen molar-refractivity contribution in [2.24, 2.45) is 14.1 Å². The van der Waals surface area contributed by atoms with Crippen molar-refractivity contribution in [1.82, 2.24) is 29.5 Å². The van der Waals surface area contributed by atoms with E-state index in [1.165, 1.54) is 5.56 Å². The quantitative estimate of drug-likeness (QED) is 0.712. The van der Waals surface area contributed by atoms with Gasteiger partial charge in [0.05, 0.1) is 23.8 Å². The second-order valence-electron chi connectivity index (χ2n) is 5.50. The van der Waals surface area contributed by atoms with Crippen LogP contribution in [0.5, 0.6) is 0 Å². The van der Waals surface area contributed by atoms with Crippen LogP contribution in [0.4, 0.5) is 5.82 Å². The molecule has 3 aromatic heterocycles. The van der Waals surface area contributed by atoms with Crippen molar-refractivity contribution in [2.75, 3.05) is 11.4 Å². The summed E-state index contributed by atoms with van der Waals surface area (Å²) in [6.45, 7) is 1.00. The van der Waals surface area contributed by atoms with E-state index in [-0.39, 0.29) is 0 Å². The van der Waals surface area contributed by atoms with E-state index in [0.717, 1.165) is 36.2 Å². The third-order valence-electron chi connectivity index (χ3n) is 4.14. The minimum absolute atomic E-state index is 0.331. The van der Waals surface area contributed by atoms with Gasteiger partial charge in [-0.25, -0.2) is 9.97 Å². The summed E-state index contributed by atoms with van der Waals surface area (Å²) in [5, 5.41) is 9.61. The predicted octanol–water partition coefficient (Wildman–Crippen LogP) is 1.44. The Morgan fingerprint density at radius 1 is 1.14 bits per heavy atom. The Balaban J connectivity index is 1.80. The summed E-state index contributed by atoms with van der Waals surface area (Å²) in [4.78, 5) is 11.2. The molecule has 0 unspecified atom stereocenters. The summed E-state index contributed by atoms with van der Waals surface area (Å²) in [6, 6.07) is 0.331. The van der Waals surface area contributed by atoms with Crippen LogP contribution in [0, 0.1) is 0 Å². The van der Waals surface area contributed by atoms with Gasteiger partial charge in [0.1, 0.15) is 12.1 Å². The van der Waals surface area contributed by atoms with E-state index in [4.69, 9.17) is 0 Å². The van der Waals surface area contributed by atoms with Gasteiger partial charge in [-0.1, -0.05) is 0 Å². The van der Waals surface area contributed by atoms with E-state index < -0.39 is 0 Å². The van der Waals surface area contributed by atoms with Gasteiger partial charge in [-0.3, -0.25) is 9.36 Å². The smallest absolute Gasteiger partial charge is 0.163 e. The summed E-state index contributed by atoms with van der Waals surface area (Å²) in [5.41, 5.74) is 2.11. The number of nitrogens with zero attached hydrogens (tertiary/aromatic N) is 7. The molecule has 1 atom stereocenters. The number of aryl methyl sites for hydroxylation is 2. The first-order chi connectivity index (χ1) is 10.2. The fourth-order valence-electron chi connectivity index (χ4n) is 3.16. The van der Waals surface area contributed by atoms with E-state index in [1.807, 2.05) is 31.2 Å². The maximum absolute atomic E-state index is 4.52. The lowest BCUT2D eigenvalue weighted by Gasteiger charge is -2.25. The van der Waals surface area contributed by atoms with E-state index in [1.54, 1.807) is 11.0 Å². The molecule has 1 fully saturated rings. The van der Waals surface area contributed by atoms with Crippen LogP contribution >= 0.6 is 0 Å². The van der Waals surface area contributed by atoms with E-state index in [2.05, 4.69) is 31.3 Å². The van der Waals surface area contributed by atoms with Crippen LogP contribution in [0.1, 0.15) is 24.4 Å². The molecule has 0 radical (unpaired) electrons. The molecule has 7 heteroatoms. The van der Waals surface area contributed by atoms with Crippen molar-refractivity contribution < 1.29 is 0 Å². The molecule has 21 heavy (non-hydrogen) atoms. The monoisotopic (exact) mass is 283 g/mol. The molecule has 108 valence electrons. The van der Waals surface area contributed by atoms with Crippen LogP contribution < -0.4 is 4.90 Å². The van der Waals surface area contributed by atoms with Crippen LogP contribution in [-0.4, -0.2) is 36.1 Å². The first-order valence-corrected chi connectivity index (χ1v) is 7.12. The SMILES string of the molecule is Cn1cc([C@@H]2CCCN2c2ncnc3c2cnn3C)cn1. The third kappa shape index (κ3) is 1.88. The van der Waals surface area contributed by atoms with Crippen molar-refractivity contribution in [1.29, 1.82) is 0 Å². The number of hydrogen-bond acceptors (Lipinski definition) is 5. The van der Waals surface area contributed by atoms with Gasteiger partial charge in [-0.05, 0) is 12.8 Å². The Morgan fingerprint density at radius 2 is 2.05 bits per heavy atom. The van der Waals surface area contributed by atoms with Gasteiger partial charge in [0.25, 0.3) is 0 Å². The Labute approximate surface area is 122 Å². The number of aromatic nitrogens is 6. The first-order valence-electron chi connectivity index (χ1n) is 7.12. The molecule has 0 spiro atoms. The second-order valence-corrected chi connectivity index (χ2v) is 5.50. The van der Waals surface area contributed by atoms with Gasteiger partial charge < -0.3 is 4.90 Å². The molecule has 3 aromatic rings. The van der Waals surface area contributed by atoms with Crippen molar-refractivity contribution in [2.45, 2.75) is 18.9 Å². The van der Waals surface area contributed by atoms with Crippen molar-refractivity contribution in [3.05, 3.63) is 30.5 Å². The zero-order valence-electron chi connectivity index (χ0n) is 12.1. The van der Waals surface area contributed by atoms with Crippen LogP contribution in [0.15, 0.2) is 24.9 Å². The van der Waals surface area contributed by atoms with Crippen molar-refractivity contribution in [3.8, 4) is 0 Å². The Morgan fingerprint density at radius 3 is 2.86 bits per heavy atom. The largest absolute Gasteiger partial charge is 0.349 e. The summed E-state index contributed by atoms with van der Waals surface area (Å²) in [6.07, 6.45) is 9.79. The van der Waals surface area contributed by atoms with Crippen molar-refractivity contribution >= 4 is 16.9 Å². The standard InChI is InChI=1S/C14H17N7/c1-19-8-10(6-17-19)12-4-3-5-21(12)14-11-7-18-20(2)13(11)15-9-16-14/h6-9,12H,3-5H2,1-2H3/t12-/m0/s1. The molecule has 0 bridgehead atoms. The van der Waals surface area contributed by atoms with Gasteiger partial charge in [-0.2, -0.15) is 10.2 Å². The molecule has 4 heterocycles. The molecule has 0 aromatic carbocycles. The molecule has 1 aliphatic heterocycles. The summed E-state index contributed by atoms with van der Waals surface area (Å²) >= 11 is 0. The Bertz CT molecular complexity index is 788. The zero-order chi connectivity index (χ0) is 14.4. The fraction of sp³-hybridized carbons (Fsp3) is 0.429. The molecule has 0 aliphatic carbocycles. The molecule has 7 nitrogen and oxygen atoms in total. The normalized spacial score (nSPS) is 18.8. The van der Waals surface area contributed by atoms with Gasteiger partial charge >= 0.3 is 0 Å². The van der Waals surface area contributed by atoms with E-state index in [0.29, 0.717) is 6.04 Å². The molecule has 0 amide bonds. The molecule has 0 saturated carbocycles. The highest BCUT2D eigenvalue weighted by atomic mass is 15.3. The molecule has 0 N–H and O–H groups in total. The van der Waals surface area contributed by atoms with Gasteiger partial charge in [-0.15, -0.1) is 0 Å². The highest BCUT2D eigenvalue weighted by molar-refractivity contribution is 5.86. The summed E-state index contributed by atoms with van der Waals surface area (Å²) in [5.74, 6) is 0.972. The van der Waals surface area contributed by atoms with Crippen LogP contribution in [0.25, 0.3) is 11.0 Å². The van der Waals surface area contributed by atoms with Gasteiger partial charge in [0.15, 0.2) is 5.65 Å². The fourth-order valence-corrected chi connectivity index (χ4v) is 3.16. The first kappa shape index (κ1) is 12.3. The number of anilines is 1. The predicted molar refractivity (Wildman–Crippen MR) is 78.8 cm³/mol. The second kappa shape index (κ2) is 4.54. The maximum atomic E-state index is 4.52. The molecule has 1 aliphatic rings. The van der Waals surface area contributed by atoms with Gasteiger partial charge in [0, 0.05) is 32.4 Å². The highest BCUT2D eigenvalue weighted by Gasteiger charge is 2.29. The van der Waals surface area contributed by atoms with Crippen LogP contribution in [0.2, 0.25) is 0 Å². The molecular weight excluding hydrogens is 266 g/mol. The lowest BCUT2D eigenvalue weighted by atomic mass is 10.1.